The van der Waals surface area contributed by atoms with Gasteiger partial charge in [-0.05, 0) is 37.5 Å². The van der Waals surface area contributed by atoms with Crippen molar-refractivity contribution in [1.29, 1.82) is 0 Å². The number of carbonyl (C=O) groups excluding carboxylic acids is 1. The average Bonchev–Trinajstić information content (AvgIpc) is 2.46. The second-order valence-corrected chi connectivity index (χ2v) is 6.72. The first-order chi connectivity index (χ1) is 9.89. The lowest BCUT2D eigenvalue weighted by Gasteiger charge is -2.39. The minimum atomic E-state index is -0.838. The molecule has 0 aliphatic carbocycles. The molecule has 1 unspecified atom stereocenters. The number of aliphatic carboxylic acids is 1. The molecule has 114 valence electrons. The molecule has 1 N–H and O–H groups in total. The Morgan fingerprint density at radius 1 is 1.48 bits per heavy atom. The van der Waals surface area contributed by atoms with Crippen molar-refractivity contribution in [3.05, 3.63) is 33.3 Å². The summed E-state index contributed by atoms with van der Waals surface area (Å²) < 4.78 is 0.802. The normalized spacial score (nSPS) is 22.1. The van der Waals surface area contributed by atoms with Crippen LogP contribution < -0.4 is 0 Å². The number of carboxylic acid groups (broad SMARTS) is 1. The van der Waals surface area contributed by atoms with Crippen LogP contribution in [0.1, 0.15) is 36.5 Å². The summed E-state index contributed by atoms with van der Waals surface area (Å²) in [4.78, 5) is 25.8. The Morgan fingerprint density at radius 3 is 2.76 bits per heavy atom. The predicted molar refractivity (Wildman–Crippen MR) is 84.6 cm³/mol. The van der Waals surface area contributed by atoms with Crippen molar-refractivity contribution in [2.24, 2.45) is 5.41 Å². The molecule has 0 saturated carbocycles. The Bertz CT molecular complexity index is 578. The fraction of sp³-hybridized carbons (Fsp3) is 0.467. The van der Waals surface area contributed by atoms with Crippen molar-refractivity contribution < 1.29 is 14.7 Å². The largest absolute Gasteiger partial charge is 0.481 e. The molecule has 21 heavy (non-hydrogen) atoms. The van der Waals surface area contributed by atoms with E-state index in [1.165, 1.54) is 0 Å². The van der Waals surface area contributed by atoms with E-state index in [1.54, 1.807) is 23.1 Å². The van der Waals surface area contributed by atoms with E-state index >= 15 is 0 Å². The lowest BCUT2D eigenvalue weighted by molar-refractivity contribution is -0.152. The Morgan fingerprint density at radius 2 is 2.19 bits per heavy atom. The first kappa shape index (κ1) is 16.3. The average molecular weight is 375 g/mol. The van der Waals surface area contributed by atoms with E-state index in [4.69, 9.17) is 11.6 Å². The van der Waals surface area contributed by atoms with E-state index in [0.29, 0.717) is 36.4 Å². The van der Waals surface area contributed by atoms with Crippen LogP contribution >= 0.6 is 27.5 Å². The van der Waals surface area contributed by atoms with Crippen LogP contribution in [0.25, 0.3) is 0 Å². The van der Waals surface area contributed by atoms with E-state index < -0.39 is 11.4 Å². The predicted octanol–water partition coefficient (Wildman–Crippen LogP) is 3.82. The number of amides is 1. The van der Waals surface area contributed by atoms with Crippen molar-refractivity contribution in [1.82, 2.24) is 4.90 Å². The highest BCUT2D eigenvalue weighted by Gasteiger charge is 2.42. The number of piperidine rings is 1. The third kappa shape index (κ3) is 3.24. The van der Waals surface area contributed by atoms with Crippen LogP contribution in [0.4, 0.5) is 0 Å². The summed E-state index contributed by atoms with van der Waals surface area (Å²) in [5.41, 5.74) is -0.424. The van der Waals surface area contributed by atoms with Crippen molar-refractivity contribution in [2.45, 2.75) is 26.2 Å². The number of carbonyl (C=O) groups is 2. The smallest absolute Gasteiger partial charge is 0.311 e. The molecule has 4 nitrogen and oxygen atoms in total. The number of nitrogens with zero attached hydrogens (tertiary/aromatic N) is 1. The first-order valence-corrected chi connectivity index (χ1v) is 8.04. The van der Waals surface area contributed by atoms with Crippen molar-refractivity contribution in [3.63, 3.8) is 0 Å². The van der Waals surface area contributed by atoms with E-state index in [2.05, 4.69) is 15.9 Å². The maximum Gasteiger partial charge on any atom is 0.311 e. The Hall–Kier alpha value is -1.07. The number of benzene rings is 1. The van der Waals surface area contributed by atoms with Gasteiger partial charge in [0.25, 0.3) is 5.91 Å². The molecule has 1 amide bonds. The van der Waals surface area contributed by atoms with Crippen molar-refractivity contribution >= 4 is 39.4 Å². The van der Waals surface area contributed by atoms with Gasteiger partial charge in [-0.25, -0.2) is 0 Å². The van der Waals surface area contributed by atoms with Gasteiger partial charge >= 0.3 is 5.97 Å². The van der Waals surface area contributed by atoms with Crippen LogP contribution in [-0.2, 0) is 4.79 Å². The third-order valence-corrected chi connectivity index (χ3v) is 4.96. The zero-order chi connectivity index (χ0) is 15.6. The summed E-state index contributed by atoms with van der Waals surface area (Å²) >= 11 is 9.42. The van der Waals surface area contributed by atoms with Crippen LogP contribution in [0.2, 0.25) is 5.02 Å². The molecule has 0 radical (unpaired) electrons. The van der Waals surface area contributed by atoms with E-state index in [1.807, 2.05) is 6.92 Å². The molecule has 1 aliphatic rings. The van der Waals surface area contributed by atoms with Gasteiger partial charge in [-0.3, -0.25) is 9.59 Å². The molecule has 1 heterocycles. The monoisotopic (exact) mass is 373 g/mol. The van der Waals surface area contributed by atoms with Gasteiger partial charge in [-0.2, -0.15) is 0 Å². The molecule has 0 spiro atoms. The molecule has 0 bridgehead atoms. The van der Waals surface area contributed by atoms with Gasteiger partial charge in [0.15, 0.2) is 0 Å². The van der Waals surface area contributed by atoms with Crippen molar-refractivity contribution in [3.8, 4) is 0 Å². The molecular formula is C15H17BrClNO3. The standard InChI is InChI=1S/C15H17BrClNO3/c1-2-15(14(20)21)6-3-7-18(9-15)13(19)11-5-4-10(16)8-12(11)17/h4-5,8H,2-3,6-7,9H2,1H3,(H,20,21). The van der Waals surface area contributed by atoms with E-state index in [9.17, 15) is 14.7 Å². The van der Waals surface area contributed by atoms with Crippen LogP contribution in [0.5, 0.6) is 0 Å². The molecule has 1 atom stereocenters. The Balaban J connectivity index is 2.25. The molecule has 1 aromatic rings. The highest BCUT2D eigenvalue weighted by atomic mass is 79.9. The quantitative estimate of drug-likeness (QED) is 0.875. The van der Waals surface area contributed by atoms with E-state index in [0.717, 1.165) is 4.47 Å². The third-order valence-electron chi connectivity index (χ3n) is 4.16. The summed E-state index contributed by atoms with van der Waals surface area (Å²) in [6.07, 6.45) is 1.82. The number of carboxylic acids is 1. The minimum Gasteiger partial charge on any atom is -0.481 e. The Labute approximate surface area is 137 Å². The van der Waals surface area contributed by atoms with Gasteiger partial charge in [-0.15, -0.1) is 0 Å². The summed E-state index contributed by atoms with van der Waals surface area (Å²) in [7, 11) is 0. The van der Waals surface area contributed by atoms with Crippen LogP contribution in [-0.4, -0.2) is 35.0 Å². The molecule has 1 saturated heterocycles. The molecule has 1 aliphatic heterocycles. The number of rotatable bonds is 3. The second-order valence-electron chi connectivity index (χ2n) is 5.39. The van der Waals surface area contributed by atoms with Crippen LogP contribution in [0.3, 0.4) is 0 Å². The molecular weight excluding hydrogens is 358 g/mol. The second kappa shape index (κ2) is 6.36. The first-order valence-electron chi connectivity index (χ1n) is 6.87. The number of hydrogen-bond donors (Lipinski definition) is 1. The molecule has 6 heteroatoms. The number of hydrogen-bond acceptors (Lipinski definition) is 2. The van der Waals surface area contributed by atoms with Gasteiger partial charge in [-0.1, -0.05) is 34.5 Å². The summed E-state index contributed by atoms with van der Waals surface area (Å²) in [5, 5.41) is 9.85. The molecule has 2 rings (SSSR count). The molecule has 0 aromatic heterocycles. The van der Waals surface area contributed by atoms with Gasteiger partial charge in [0.05, 0.1) is 16.0 Å². The van der Waals surface area contributed by atoms with Gasteiger partial charge in [0.2, 0.25) is 0 Å². The highest BCUT2D eigenvalue weighted by Crippen LogP contribution is 2.35. The lowest BCUT2D eigenvalue weighted by Crippen LogP contribution is -2.49. The SMILES string of the molecule is CCC1(C(=O)O)CCCN(C(=O)c2ccc(Br)cc2Cl)C1. The molecule has 1 aromatic carbocycles. The fourth-order valence-corrected chi connectivity index (χ4v) is 3.51. The van der Waals surface area contributed by atoms with Crippen molar-refractivity contribution in [2.75, 3.05) is 13.1 Å². The number of halogens is 2. The highest BCUT2D eigenvalue weighted by molar-refractivity contribution is 9.10. The van der Waals surface area contributed by atoms with Crippen LogP contribution in [0, 0.1) is 5.41 Å². The lowest BCUT2D eigenvalue weighted by atomic mass is 9.77. The van der Waals surface area contributed by atoms with Crippen LogP contribution in [0.15, 0.2) is 22.7 Å². The zero-order valence-corrected chi connectivity index (χ0v) is 14.1. The minimum absolute atomic E-state index is 0.203. The molecule has 1 fully saturated rings. The maximum absolute atomic E-state index is 12.6. The summed E-state index contributed by atoms with van der Waals surface area (Å²) in [5.74, 6) is -1.03. The fourth-order valence-electron chi connectivity index (χ4n) is 2.75. The Kier molecular flexibility index (Phi) is 4.94. The van der Waals surface area contributed by atoms with E-state index in [-0.39, 0.29) is 12.5 Å². The summed E-state index contributed by atoms with van der Waals surface area (Å²) in [6.45, 7) is 2.67. The summed E-state index contributed by atoms with van der Waals surface area (Å²) in [6, 6.07) is 5.09. The number of likely N-dealkylation sites (tertiary alicyclic amines) is 1. The van der Waals surface area contributed by atoms with Gasteiger partial charge in [0.1, 0.15) is 0 Å². The van der Waals surface area contributed by atoms with Gasteiger partial charge in [0, 0.05) is 17.6 Å². The topological polar surface area (TPSA) is 57.6 Å². The zero-order valence-electron chi connectivity index (χ0n) is 11.7. The van der Waals surface area contributed by atoms with Gasteiger partial charge < -0.3 is 10.0 Å². The maximum atomic E-state index is 12.6.